The van der Waals surface area contributed by atoms with Gasteiger partial charge in [0.15, 0.2) is 0 Å². The molecule has 1 fully saturated rings. The maximum absolute atomic E-state index is 9.20. The number of ether oxygens (including phenoxy) is 2. The summed E-state index contributed by atoms with van der Waals surface area (Å²) in [5.41, 5.74) is 7.67. The zero-order chi connectivity index (χ0) is 13.1. The van der Waals surface area contributed by atoms with Crippen LogP contribution in [0.5, 0.6) is 5.75 Å². The van der Waals surface area contributed by atoms with E-state index in [-0.39, 0.29) is 18.8 Å². The number of para-hydroxylation sites is 1. The fourth-order valence-corrected chi connectivity index (χ4v) is 2.22. The van der Waals surface area contributed by atoms with Gasteiger partial charge in [0.05, 0.1) is 37.8 Å². The number of hydrogen-bond acceptors (Lipinski definition) is 5. The Morgan fingerprint density at radius 2 is 2.33 bits per heavy atom. The van der Waals surface area contributed by atoms with E-state index in [9.17, 15) is 5.11 Å². The Balaban J connectivity index is 2.28. The molecule has 5 heteroatoms. The molecule has 1 saturated heterocycles. The highest BCUT2D eigenvalue weighted by Gasteiger charge is 2.27. The summed E-state index contributed by atoms with van der Waals surface area (Å²) in [6.45, 7) is 3.32. The van der Waals surface area contributed by atoms with Gasteiger partial charge in [-0.05, 0) is 19.1 Å². The lowest BCUT2D eigenvalue weighted by Crippen LogP contribution is -2.49. The monoisotopic (exact) mass is 252 g/mol. The third-order valence-electron chi connectivity index (χ3n) is 3.28. The molecule has 5 nitrogen and oxygen atoms in total. The lowest BCUT2D eigenvalue weighted by atomic mass is 10.1. The van der Waals surface area contributed by atoms with Crippen LogP contribution >= 0.6 is 0 Å². The molecule has 0 amide bonds. The van der Waals surface area contributed by atoms with E-state index in [0.717, 1.165) is 5.69 Å². The summed E-state index contributed by atoms with van der Waals surface area (Å²) >= 11 is 0. The van der Waals surface area contributed by atoms with E-state index in [1.165, 1.54) is 0 Å². The Hall–Kier alpha value is -1.46. The van der Waals surface area contributed by atoms with Gasteiger partial charge in [0.2, 0.25) is 0 Å². The van der Waals surface area contributed by atoms with Crippen molar-refractivity contribution in [1.82, 2.24) is 0 Å². The zero-order valence-corrected chi connectivity index (χ0v) is 10.8. The van der Waals surface area contributed by atoms with Crippen LogP contribution in [0.2, 0.25) is 0 Å². The third kappa shape index (κ3) is 2.37. The van der Waals surface area contributed by atoms with Gasteiger partial charge >= 0.3 is 0 Å². The molecule has 1 heterocycles. The van der Waals surface area contributed by atoms with Gasteiger partial charge in [0.1, 0.15) is 5.75 Å². The average Bonchev–Trinajstić information content (AvgIpc) is 2.40. The molecule has 0 radical (unpaired) electrons. The first-order valence-electron chi connectivity index (χ1n) is 6.09. The largest absolute Gasteiger partial charge is 0.495 e. The number of nitrogen functional groups attached to an aromatic ring is 1. The van der Waals surface area contributed by atoms with E-state index >= 15 is 0 Å². The van der Waals surface area contributed by atoms with E-state index in [1.54, 1.807) is 7.11 Å². The summed E-state index contributed by atoms with van der Waals surface area (Å²) in [5.74, 6) is 0.673. The normalized spacial score (nSPS) is 24.1. The van der Waals surface area contributed by atoms with Crippen molar-refractivity contribution in [3.63, 3.8) is 0 Å². The van der Waals surface area contributed by atoms with Crippen molar-refractivity contribution in [2.24, 2.45) is 0 Å². The van der Waals surface area contributed by atoms with E-state index in [1.807, 2.05) is 18.2 Å². The highest BCUT2D eigenvalue weighted by molar-refractivity contribution is 5.74. The number of benzene rings is 1. The van der Waals surface area contributed by atoms with Crippen LogP contribution in [0.1, 0.15) is 6.92 Å². The topological polar surface area (TPSA) is 68.0 Å². The Morgan fingerprint density at radius 1 is 1.56 bits per heavy atom. The summed E-state index contributed by atoms with van der Waals surface area (Å²) in [4.78, 5) is 2.15. The lowest BCUT2D eigenvalue weighted by molar-refractivity contribution is -0.0102. The zero-order valence-electron chi connectivity index (χ0n) is 10.8. The molecule has 0 aromatic heterocycles. The molecule has 0 aliphatic carbocycles. The second-order valence-corrected chi connectivity index (χ2v) is 4.53. The second-order valence-electron chi connectivity index (χ2n) is 4.53. The molecular formula is C13H20N2O3. The minimum absolute atomic E-state index is 0.0209. The Bertz CT molecular complexity index is 411. The van der Waals surface area contributed by atoms with Crippen LogP contribution in [0, 0.1) is 0 Å². The predicted octanol–water partition coefficient (Wildman–Crippen LogP) is 0.863. The number of rotatable bonds is 3. The van der Waals surface area contributed by atoms with Gasteiger partial charge in [0, 0.05) is 12.6 Å². The standard InChI is InChI=1S/C13H20N2O3/c1-9-8-18-10(7-16)6-15(9)11-4-3-5-12(17-2)13(11)14/h3-5,9-10,16H,6-8,14H2,1-2H3. The van der Waals surface area contributed by atoms with Gasteiger partial charge in [-0.15, -0.1) is 0 Å². The fraction of sp³-hybridized carbons (Fsp3) is 0.538. The van der Waals surface area contributed by atoms with E-state index in [0.29, 0.717) is 24.6 Å². The number of aliphatic hydroxyl groups excluding tert-OH is 1. The average molecular weight is 252 g/mol. The SMILES string of the molecule is COc1cccc(N2CC(CO)OCC2C)c1N. The van der Waals surface area contributed by atoms with Crippen molar-refractivity contribution in [2.45, 2.75) is 19.1 Å². The van der Waals surface area contributed by atoms with Crippen LogP contribution in [0.25, 0.3) is 0 Å². The first-order chi connectivity index (χ1) is 8.67. The van der Waals surface area contributed by atoms with Gasteiger partial charge < -0.3 is 25.2 Å². The van der Waals surface area contributed by atoms with Crippen molar-refractivity contribution in [3.05, 3.63) is 18.2 Å². The van der Waals surface area contributed by atoms with Crippen LogP contribution in [-0.2, 0) is 4.74 Å². The highest BCUT2D eigenvalue weighted by atomic mass is 16.5. The van der Waals surface area contributed by atoms with Gasteiger partial charge in [0.25, 0.3) is 0 Å². The molecule has 1 aliphatic rings. The molecule has 1 aromatic carbocycles. The molecule has 1 aliphatic heterocycles. The molecule has 2 unspecified atom stereocenters. The van der Waals surface area contributed by atoms with Crippen molar-refractivity contribution in [3.8, 4) is 5.75 Å². The molecule has 1 aromatic rings. The van der Waals surface area contributed by atoms with Gasteiger partial charge in [-0.2, -0.15) is 0 Å². The molecule has 18 heavy (non-hydrogen) atoms. The molecular weight excluding hydrogens is 232 g/mol. The van der Waals surface area contributed by atoms with Crippen molar-refractivity contribution < 1.29 is 14.6 Å². The molecule has 3 N–H and O–H groups in total. The first kappa shape index (κ1) is 13.0. The third-order valence-corrected chi connectivity index (χ3v) is 3.28. The van der Waals surface area contributed by atoms with Crippen LogP contribution in [0.3, 0.4) is 0 Å². The van der Waals surface area contributed by atoms with Gasteiger partial charge in [-0.1, -0.05) is 6.07 Å². The maximum Gasteiger partial charge on any atom is 0.143 e. The van der Waals surface area contributed by atoms with Crippen LogP contribution in [0.4, 0.5) is 11.4 Å². The molecule has 2 atom stereocenters. The number of hydrogen-bond donors (Lipinski definition) is 2. The van der Waals surface area contributed by atoms with Crippen LogP contribution < -0.4 is 15.4 Å². The second kappa shape index (κ2) is 5.46. The van der Waals surface area contributed by atoms with Gasteiger partial charge in [-0.3, -0.25) is 0 Å². The number of anilines is 2. The minimum Gasteiger partial charge on any atom is -0.495 e. The first-order valence-corrected chi connectivity index (χ1v) is 6.09. The maximum atomic E-state index is 9.20. The van der Waals surface area contributed by atoms with Crippen LogP contribution in [-0.4, -0.2) is 44.1 Å². The van der Waals surface area contributed by atoms with Crippen LogP contribution in [0.15, 0.2) is 18.2 Å². The van der Waals surface area contributed by atoms with E-state index in [4.69, 9.17) is 15.2 Å². The quantitative estimate of drug-likeness (QED) is 0.781. The van der Waals surface area contributed by atoms with Gasteiger partial charge in [-0.25, -0.2) is 0 Å². The number of nitrogens with two attached hydrogens (primary N) is 1. The fourth-order valence-electron chi connectivity index (χ4n) is 2.22. The van der Waals surface area contributed by atoms with Crippen molar-refractivity contribution in [2.75, 3.05) is 37.5 Å². The number of methoxy groups -OCH3 is 1. The molecule has 0 spiro atoms. The molecule has 0 bridgehead atoms. The Kier molecular flexibility index (Phi) is 3.93. The smallest absolute Gasteiger partial charge is 0.143 e. The van der Waals surface area contributed by atoms with Crippen molar-refractivity contribution in [1.29, 1.82) is 0 Å². The predicted molar refractivity (Wildman–Crippen MR) is 71.0 cm³/mol. The van der Waals surface area contributed by atoms with Crippen molar-refractivity contribution >= 4 is 11.4 Å². The summed E-state index contributed by atoms with van der Waals surface area (Å²) in [6, 6.07) is 5.95. The molecule has 100 valence electrons. The Morgan fingerprint density at radius 3 is 3.00 bits per heavy atom. The summed E-state index contributed by atoms with van der Waals surface area (Å²) in [6.07, 6.45) is -0.160. The number of morpholine rings is 1. The number of aliphatic hydroxyl groups is 1. The lowest BCUT2D eigenvalue weighted by Gasteiger charge is -2.39. The van der Waals surface area contributed by atoms with E-state index in [2.05, 4.69) is 11.8 Å². The molecule has 0 saturated carbocycles. The number of nitrogens with zero attached hydrogens (tertiary/aromatic N) is 1. The summed E-state index contributed by atoms with van der Waals surface area (Å²) in [5, 5.41) is 9.20. The summed E-state index contributed by atoms with van der Waals surface area (Å²) in [7, 11) is 1.61. The molecule has 2 rings (SSSR count). The summed E-state index contributed by atoms with van der Waals surface area (Å²) < 4.78 is 10.8. The highest BCUT2D eigenvalue weighted by Crippen LogP contribution is 2.34. The minimum atomic E-state index is -0.160. The van der Waals surface area contributed by atoms with E-state index < -0.39 is 0 Å². The Labute approximate surface area is 107 Å².